The molecule has 0 aliphatic heterocycles. The van der Waals surface area contributed by atoms with Crippen molar-refractivity contribution in [1.82, 2.24) is 4.98 Å². The molecule has 1 aromatic heterocycles. The summed E-state index contributed by atoms with van der Waals surface area (Å²) < 4.78 is 79.7. The Kier molecular flexibility index (Phi) is 6.72. The van der Waals surface area contributed by atoms with E-state index in [0.717, 1.165) is 73.9 Å². The van der Waals surface area contributed by atoms with E-state index in [2.05, 4.69) is 9.71 Å². The molecule has 45 heavy (non-hydrogen) atoms. The van der Waals surface area contributed by atoms with Crippen LogP contribution in [0.25, 0.3) is 11.1 Å². The zero-order valence-electron chi connectivity index (χ0n) is 25.0. The highest BCUT2D eigenvalue weighted by Crippen LogP contribution is 2.70. The molecule has 0 saturated heterocycles. The van der Waals surface area contributed by atoms with Gasteiger partial charge in [0.1, 0.15) is 5.67 Å². The third kappa shape index (κ3) is 5.40. The van der Waals surface area contributed by atoms with Gasteiger partial charge in [0.2, 0.25) is 15.9 Å². The third-order valence-electron chi connectivity index (χ3n) is 10.9. The number of carbonyl (C=O) groups is 1. The van der Waals surface area contributed by atoms with Gasteiger partial charge in [0.05, 0.1) is 17.2 Å². The van der Waals surface area contributed by atoms with Crippen LogP contribution in [0.4, 0.5) is 28.9 Å². The van der Waals surface area contributed by atoms with Crippen molar-refractivity contribution >= 4 is 27.3 Å². The molecule has 6 aliphatic carbocycles. The van der Waals surface area contributed by atoms with Crippen molar-refractivity contribution in [3.8, 4) is 11.1 Å². The molecule has 1 N–H and O–H groups in total. The molecule has 4 bridgehead atoms. The van der Waals surface area contributed by atoms with Crippen LogP contribution in [-0.4, -0.2) is 37.8 Å². The van der Waals surface area contributed by atoms with Gasteiger partial charge in [-0.1, -0.05) is 24.3 Å². The molecule has 1 amide bonds. The first-order valence-corrected chi connectivity index (χ1v) is 17.2. The second-order valence-electron chi connectivity index (χ2n) is 14.1. The Morgan fingerprint density at radius 3 is 2.09 bits per heavy atom. The van der Waals surface area contributed by atoms with Gasteiger partial charge in [-0.15, -0.1) is 0 Å². The number of halogens is 4. The minimum absolute atomic E-state index is 0.0342. The topological polar surface area (TPSA) is 79.4 Å². The number of alkyl halides is 4. The van der Waals surface area contributed by atoms with Crippen molar-refractivity contribution in [1.29, 1.82) is 0 Å². The van der Waals surface area contributed by atoms with Crippen LogP contribution in [0.2, 0.25) is 0 Å². The molecule has 6 aliphatic rings. The SMILES string of the molecule is CS(=O)(=O)Nc1ccc(-c2cccc(N(CC34CCC(c5ccc(C(F)(F)F)cn5)(CC3)CC4)C(=O)C34CC(F)(C3)C4)c2)cc1. The monoisotopic (exact) mass is 641 g/mol. The van der Waals surface area contributed by atoms with Crippen LogP contribution >= 0.6 is 0 Å². The number of aromatic nitrogens is 1. The fraction of sp³-hybridized carbons (Fsp3) is 0.471. The molecule has 1 heterocycles. The van der Waals surface area contributed by atoms with Gasteiger partial charge >= 0.3 is 6.18 Å². The van der Waals surface area contributed by atoms with Crippen LogP contribution < -0.4 is 9.62 Å². The lowest BCUT2D eigenvalue weighted by Crippen LogP contribution is -2.71. The van der Waals surface area contributed by atoms with Crippen molar-refractivity contribution < 1.29 is 30.8 Å². The maximum Gasteiger partial charge on any atom is 0.417 e. The van der Waals surface area contributed by atoms with E-state index in [9.17, 15) is 30.8 Å². The van der Waals surface area contributed by atoms with Crippen LogP contribution in [0.3, 0.4) is 0 Å². The number of fused-ring (bicyclic) bond motifs is 3. The summed E-state index contributed by atoms with van der Waals surface area (Å²) in [5, 5.41) is 0. The zero-order chi connectivity index (χ0) is 31.9. The van der Waals surface area contributed by atoms with Crippen LogP contribution in [0.5, 0.6) is 0 Å². The average molecular weight is 642 g/mol. The first-order valence-electron chi connectivity index (χ1n) is 15.3. The highest BCUT2D eigenvalue weighted by molar-refractivity contribution is 7.92. The molecule has 2 aromatic carbocycles. The number of carbonyl (C=O) groups excluding carboxylic acids is 1. The minimum Gasteiger partial charge on any atom is -0.311 e. The number of pyridine rings is 1. The predicted molar refractivity (Wildman–Crippen MR) is 164 cm³/mol. The second-order valence-corrected chi connectivity index (χ2v) is 15.8. The van der Waals surface area contributed by atoms with Gasteiger partial charge in [0.25, 0.3) is 0 Å². The average Bonchev–Trinajstić information content (AvgIpc) is 2.98. The summed E-state index contributed by atoms with van der Waals surface area (Å²) in [5.41, 5.74) is 0.623. The van der Waals surface area contributed by atoms with Gasteiger partial charge in [-0.25, -0.2) is 12.8 Å². The number of hydrogen-bond donors (Lipinski definition) is 1. The Morgan fingerprint density at radius 2 is 1.56 bits per heavy atom. The smallest absolute Gasteiger partial charge is 0.311 e. The van der Waals surface area contributed by atoms with E-state index in [1.54, 1.807) is 12.1 Å². The van der Waals surface area contributed by atoms with Crippen LogP contribution in [0.1, 0.15) is 69.0 Å². The van der Waals surface area contributed by atoms with E-state index in [1.807, 2.05) is 41.3 Å². The summed E-state index contributed by atoms with van der Waals surface area (Å²) in [6.45, 7) is 0.504. The molecule has 9 rings (SSSR count). The fourth-order valence-electron chi connectivity index (χ4n) is 8.35. The molecule has 0 spiro atoms. The molecule has 3 aromatic rings. The molecule has 6 nitrogen and oxygen atoms in total. The van der Waals surface area contributed by atoms with Gasteiger partial charge in [0, 0.05) is 35.2 Å². The number of rotatable bonds is 8. The number of nitrogens with one attached hydrogen (secondary N) is 1. The molecular weight excluding hydrogens is 606 g/mol. The Bertz CT molecular complexity index is 1710. The molecular formula is C34H35F4N3O3S. The molecule has 238 valence electrons. The van der Waals surface area contributed by atoms with E-state index in [4.69, 9.17) is 0 Å². The maximum atomic E-state index is 14.6. The number of sulfonamides is 1. The number of anilines is 2. The van der Waals surface area contributed by atoms with Gasteiger partial charge in [-0.3, -0.25) is 14.5 Å². The molecule has 11 heteroatoms. The molecule has 0 unspecified atom stereocenters. The predicted octanol–water partition coefficient (Wildman–Crippen LogP) is 7.66. The lowest BCUT2D eigenvalue weighted by Gasteiger charge is -2.65. The lowest BCUT2D eigenvalue weighted by atomic mass is 9.41. The summed E-state index contributed by atoms with van der Waals surface area (Å²) in [6.07, 6.45) is 3.25. The van der Waals surface area contributed by atoms with Crippen LogP contribution in [0.15, 0.2) is 66.9 Å². The van der Waals surface area contributed by atoms with Gasteiger partial charge in [0.15, 0.2) is 0 Å². The van der Waals surface area contributed by atoms with E-state index in [1.165, 1.54) is 6.07 Å². The zero-order valence-corrected chi connectivity index (χ0v) is 25.8. The Balaban J connectivity index is 1.14. The quantitative estimate of drug-likeness (QED) is 0.256. The molecule has 6 saturated carbocycles. The minimum atomic E-state index is -4.42. The highest BCUT2D eigenvalue weighted by Gasteiger charge is 2.73. The van der Waals surface area contributed by atoms with E-state index in [0.29, 0.717) is 17.9 Å². The van der Waals surface area contributed by atoms with Crippen molar-refractivity contribution in [3.05, 3.63) is 78.1 Å². The van der Waals surface area contributed by atoms with Crippen molar-refractivity contribution in [2.24, 2.45) is 10.8 Å². The molecule has 0 radical (unpaired) electrons. The lowest BCUT2D eigenvalue weighted by molar-refractivity contribution is -0.211. The van der Waals surface area contributed by atoms with Crippen LogP contribution in [0, 0.1) is 10.8 Å². The summed E-state index contributed by atoms with van der Waals surface area (Å²) in [6, 6.07) is 17.4. The fourth-order valence-corrected chi connectivity index (χ4v) is 8.92. The van der Waals surface area contributed by atoms with E-state index in [-0.39, 0.29) is 36.0 Å². The Hall–Kier alpha value is -3.47. The first-order chi connectivity index (χ1) is 21.1. The van der Waals surface area contributed by atoms with Crippen molar-refractivity contribution in [2.45, 2.75) is 75.0 Å². The number of hydrogen-bond acceptors (Lipinski definition) is 4. The van der Waals surface area contributed by atoms with E-state index < -0.39 is 32.8 Å². The normalized spacial score (nSPS) is 30.2. The second kappa shape index (κ2) is 10.0. The summed E-state index contributed by atoms with van der Waals surface area (Å²) >= 11 is 0. The largest absolute Gasteiger partial charge is 0.417 e. The number of amides is 1. The third-order valence-corrected chi connectivity index (χ3v) is 11.5. The summed E-state index contributed by atoms with van der Waals surface area (Å²) in [7, 11) is -3.41. The highest BCUT2D eigenvalue weighted by atomic mass is 32.2. The first kappa shape index (κ1) is 30.2. The maximum absolute atomic E-state index is 14.6. The van der Waals surface area contributed by atoms with Crippen molar-refractivity contribution in [2.75, 3.05) is 22.4 Å². The van der Waals surface area contributed by atoms with Gasteiger partial charge in [-0.2, -0.15) is 13.2 Å². The Morgan fingerprint density at radius 1 is 0.911 bits per heavy atom. The number of nitrogens with zero attached hydrogens (tertiary/aromatic N) is 2. The summed E-state index contributed by atoms with van der Waals surface area (Å²) in [5.74, 6) is -0.0342. The summed E-state index contributed by atoms with van der Waals surface area (Å²) in [4.78, 5) is 20.3. The Labute approximate surface area is 260 Å². The molecule has 6 fully saturated rings. The number of benzene rings is 2. The standard InChI is InChI=1S/C34H35F4N3O3S/c1-45(43,44)40-26-8-5-23(6-9-26)24-3-2-4-27(17-24)41(29(42)32-19-33(35,20-32)21-32)22-30-11-14-31(15-12-30,16-13-30)28-10-7-25(18-39-28)34(36,37)38/h2-10,17-18,40H,11-16,19-22H2,1H3. The van der Waals surface area contributed by atoms with Crippen molar-refractivity contribution in [3.63, 3.8) is 0 Å². The molecule has 0 atom stereocenters. The van der Waals surface area contributed by atoms with Gasteiger partial charge in [-0.05, 0) is 111 Å². The van der Waals surface area contributed by atoms with Crippen LogP contribution in [-0.2, 0) is 26.4 Å². The van der Waals surface area contributed by atoms with E-state index >= 15 is 0 Å². The van der Waals surface area contributed by atoms with Gasteiger partial charge < -0.3 is 4.90 Å².